The molecule has 4 heterocycles. The lowest BCUT2D eigenvalue weighted by Crippen LogP contribution is -2.32. The van der Waals surface area contributed by atoms with Gasteiger partial charge in [-0.15, -0.1) is 0 Å². The maximum absolute atomic E-state index is 13.9. The summed E-state index contributed by atoms with van der Waals surface area (Å²) in [5.74, 6) is -0.376. The Morgan fingerprint density at radius 2 is 1.78 bits per heavy atom. The van der Waals surface area contributed by atoms with E-state index in [0.29, 0.717) is 48.3 Å². The predicted octanol–water partition coefficient (Wildman–Crippen LogP) is 4.17. The highest BCUT2D eigenvalue weighted by Gasteiger charge is 2.28. The smallest absolute Gasteiger partial charge is 0.172 e. The first-order chi connectivity index (χ1) is 17.6. The van der Waals surface area contributed by atoms with Gasteiger partial charge in [-0.1, -0.05) is 11.6 Å². The Kier molecular flexibility index (Phi) is 8.31. The number of aromatic nitrogens is 3. The third kappa shape index (κ3) is 6.76. The number of hydrogen-bond donors (Lipinski definition) is 3. The number of piperidine rings is 1. The summed E-state index contributed by atoms with van der Waals surface area (Å²) in [5.41, 5.74) is 7.54. The van der Waals surface area contributed by atoms with Crippen LogP contribution in [0.4, 0.5) is 20.4 Å². The number of nitrogens with two attached hydrogens (primary N) is 1. The number of fused-ring (bicyclic) bond motifs is 1. The fourth-order valence-corrected chi connectivity index (χ4v) is 4.22. The van der Waals surface area contributed by atoms with Crippen molar-refractivity contribution in [2.24, 2.45) is 0 Å². The third-order valence-corrected chi connectivity index (χ3v) is 6.38. The van der Waals surface area contributed by atoms with Gasteiger partial charge in [0.25, 0.3) is 0 Å². The van der Waals surface area contributed by atoms with Crippen LogP contribution in [0.1, 0.15) is 56.9 Å². The van der Waals surface area contributed by atoms with Crippen LogP contribution in [-0.2, 0) is 4.74 Å². The van der Waals surface area contributed by atoms with Crippen molar-refractivity contribution in [1.82, 2.24) is 15.0 Å². The Morgan fingerprint density at radius 1 is 1.08 bits per heavy atom. The molecule has 1 unspecified atom stereocenters. The molecule has 3 aromatic rings. The number of rotatable bonds is 4. The van der Waals surface area contributed by atoms with Crippen molar-refractivity contribution in [2.75, 3.05) is 36.9 Å². The Labute approximate surface area is 214 Å². The van der Waals surface area contributed by atoms with Gasteiger partial charge in [0, 0.05) is 37.9 Å². The van der Waals surface area contributed by atoms with Crippen LogP contribution in [0.5, 0.6) is 0 Å². The zero-order valence-electron chi connectivity index (χ0n) is 21.1. The van der Waals surface area contributed by atoms with E-state index >= 15 is 0 Å². The molecule has 0 saturated carbocycles. The first-order valence-electron chi connectivity index (χ1n) is 12.4. The second kappa shape index (κ2) is 11.5. The number of nitrogens with zero attached hydrogens (tertiary/aromatic N) is 4. The summed E-state index contributed by atoms with van der Waals surface area (Å²) < 4.78 is 32.0. The number of anilines is 2. The first kappa shape index (κ1) is 26.8. The van der Waals surface area contributed by atoms with Crippen molar-refractivity contribution < 1.29 is 23.7 Å². The minimum atomic E-state index is -1.35. The van der Waals surface area contributed by atoms with Crippen molar-refractivity contribution in [2.45, 2.75) is 51.2 Å². The molecule has 8 nitrogen and oxygen atoms in total. The van der Waals surface area contributed by atoms with Gasteiger partial charge in [0.1, 0.15) is 23.3 Å². The molecule has 0 spiro atoms. The molecule has 2 saturated heterocycles. The molecule has 37 heavy (non-hydrogen) atoms. The maximum Gasteiger partial charge on any atom is 0.172 e. The van der Waals surface area contributed by atoms with Crippen LogP contribution in [0.3, 0.4) is 0 Å². The number of nitrogen functional groups attached to an aromatic ring is 1. The molecular formula is C27H33F2N5O3. The van der Waals surface area contributed by atoms with Crippen LogP contribution in [0.25, 0.3) is 17.1 Å². The van der Waals surface area contributed by atoms with Crippen molar-refractivity contribution >= 4 is 28.7 Å². The van der Waals surface area contributed by atoms with E-state index in [1.165, 1.54) is 45.0 Å². The molecule has 2 aliphatic rings. The van der Waals surface area contributed by atoms with Crippen molar-refractivity contribution in [3.8, 4) is 0 Å². The lowest BCUT2D eigenvalue weighted by molar-refractivity contribution is -0.0516. The second-order valence-electron chi connectivity index (χ2n) is 9.86. The summed E-state index contributed by atoms with van der Waals surface area (Å²) >= 11 is 0. The van der Waals surface area contributed by atoms with Gasteiger partial charge < -0.3 is 25.6 Å². The summed E-state index contributed by atoms with van der Waals surface area (Å²) in [6, 6.07) is 5.13. The van der Waals surface area contributed by atoms with Gasteiger partial charge in [0.05, 0.1) is 23.0 Å². The molecule has 2 aliphatic heterocycles. The maximum atomic E-state index is 13.9. The summed E-state index contributed by atoms with van der Waals surface area (Å²) in [7, 11) is 0. The predicted molar refractivity (Wildman–Crippen MR) is 139 cm³/mol. The van der Waals surface area contributed by atoms with E-state index in [0.717, 1.165) is 24.9 Å². The lowest BCUT2D eigenvalue weighted by atomic mass is 9.98. The number of benzene rings is 1. The van der Waals surface area contributed by atoms with E-state index in [1.54, 1.807) is 12.1 Å². The van der Waals surface area contributed by atoms with Crippen LogP contribution >= 0.6 is 0 Å². The highest BCUT2D eigenvalue weighted by atomic mass is 19.1. The Balaban J connectivity index is 0.000000572. The summed E-state index contributed by atoms with van der Waals surface area (Å²) in [5, 5.41) is 20.3. The van der Waals surface area contributed by atoms with Crippen LogP contribution in [-0.4, -0.2) is 57.1 Å². The zero-order chi connectivity index (χ0) is 26.6. The number of pyridine rings is 1. The summed E-state index contributed by atoms with van der Waals surface area (Å²) in [4.78, 5) is 15.3. The number of hydrogen-bond acceptors (Lipinski definition) is 8. The number of ether oxygens (including phenoxy) is 1. The Morgan fingerprint density at radius 3 is 2.38 bits per heavy atom. The van der Waals surface area contributed by atoms with Gasteiger partial charge in [-0.25, -0.2) is 18.7 Å². The third-order valence-electron chi connectivity index (χ3n) is 6.38. The summed E-state index contributed by atoms with van der Waals surface area (Å²) in [6.07, 6.45) is 6.02. The molecule has 2 aromatic heterocycles. The molecule has 0 bridgehead atoms. The van der Waals surface area contributed by atoms with Gasteiger partial charge in [0.2, 0.25) is 0 Å². The molecule has 5 rings (SSSR count). The number of halogens is 2. The van der Waals surface area contributed by atoms with Gasteiger partial charge in [-0.3, -0.25) is 4.98 Å². The standard InChI is InChI=1S/C23H25F2N5O2.C4H8O/c1-23(2,32)20(31)18-11-17-19(12-27-18)29-22(21(26)28-17)30-7-5-13(6-8-30)9-14-3-4-15(24)10-16(14)25;1-2-4-5-3-1/h3-4,9-12,20,31-32H,5-8H2,1-2H3,(H2,26,28);1-4H2. The molecule has 0 amide bonds. The minimum absolute atomic E-state index is 0.254. The average molecular weight is 514 g/mol. The second-order valence-corrected chi connectivity index (χ2v) is 9.86. The molecule has 2 fully saturated rings. The molecular weight excluding hydrogens is 480 g/mol. The van der Waals surface area contributed by atoms with Crippen molar-refractivity contribution in [3.05, 3.63) is 58.9 Å². The topological polar surface area (TPSA) is 118 Å². The molecule has 0 radical (unpaired) electrons. The van der Waals surface area contributed by atoms with Crippen molar-refractivity contribution in [3.63, 3.8) is 0 Å². The van der Waals surface area contributed by atoms with Crippen LogP contribution in [0.2, 0.25) is 0 Å². The highest BCUT2D eigenvalue weighted by molar-refractivity contribution is 5.79. The molecule has 1 atom stereocenters. The molecule has 1 aromatic carbocycles. The highest BCUT2D eigenvalue weighted by Crippen LogP contribution is 2.30. The number of aliphatic hydroxyl groups is 2. The van der Waals surface area contributed by atoms with Crippen LogP contribution in [0.15, 0.2) is 36.0 Å². The van der Waals surface area contributed by atoms with Gasteiger partial charge >= 0.3 is 0 Å². The van der Waals surface area contributed by atoms with E-state index in [9.17, 15) is 19.0 Å². The normalized spacial score (nSPS) is 16.9. The van der Waals surface area contributed by atoms with Crippen LogP contribution < -0.4 is 10.6 Å². The van der Waals surface area contributed by atoms with Gasteiger partial charge in [-0.05, 0) is 57.7 Å². The first-order valence-corrected chi connectivity index (χ1v) is 12.4. The fraction of sp³-hybridized carbons (Fsp3) is 0.444. The van der Waals surface area contributed by atoms with Crippen LogP contribution in [0, 0.1) is 11.6 Å². The largest absolute Gasteiger partial charge is 0.387 e. The van der Waals surface area contributed by atoms with E-state index in [-0.39, 0.29) is 11.5 Å². The van der Waals surface area contributed by atoms with Gasteiger partial charge in [0.15, 0.2) is 11.6 Å². The van der Waals surface area contributed by atoms with E-state index in [1.807, 2.05) is 4.90 Å². The van der Waals surface area contributed by atoms with E-state index < -0.39 is 23.3 Å². The lowest BCUT2D eigenvalue weighted by Gasteiger charge is -2.30. The molecule has 0 aliphatic carbocycles. The van der Waals surface area contributed by atoms with E-state index in [4.69, 9.17) is 10.5 Å². The molecule has 198 valence electrons. The average Bonchev–Trinajstić information content (AvgIpc) is 3.45. The minimum Gasteiger partial charge on any atom is -0.387 e. The van der Waals surface area contributed by atoms with Gasteiger partial charge in [-0.2, -0.15) is 0 Å². The molecule has 10 heteroatoms. The Bertz CT molecular complexity index is 1260. The number of aliphatic hydroxyl groups excluding tert-OH is 1. The monoisotopic (exact) mass is 513 g/mol. The SMILES string of the molecule is C1CCOC1.CC(C)(O)C(O)c1cc2nc(N)c(N3CCC(=Cc4ccc(F)cc4F)CC3)nc2cn1. The molecule has 4 N–H and O–H groups in total. The fourth-order valence-electron chi connectivity index (χ4n) is 4.22. The zero-order valence-corrected chi connectivity index (χ0v) is 21.1. The Hall–Kier alpha value is -3.21. The quantitative estimate of drug-likeness (QED) is 0.476. The summed E-state index contributed by atoms with van der Waals surface area (Å²) in [6.45, 7) is 6.25. The van der Waals surface area contributed by atoms with Crippen molar-refractivity contribution in [1.29, 1.82) is 0 Å². The van der Waals surface area contributed by atoms with E-state index in [2.05, 4.69) is 15.0 Å².